The summed E-state index contributed by atoms with van der Waals surface area (Å²) in [6.07, 6.45) is 1.55. The van der Waals surface area contributed by atoms with Crippen LogP contribution in [0.1, 0.15) is 45.6 Å². The average molecular weight is 423 g/mol. The Morgan fingerprint density at radius 1 is 1.07 bits per heavy atom. The van der Waals surface area contributed by atoms with Crippen LogP contribution in [-0.4, -0.2) is 46.8 Å². The molecule has 0 bridgehead atoms. The van der Waals surface area contributed by atoms with Crippen LogP contribution >= 0.6 is 0 Å². The number of esters is 1. The molecule has 0 radical (unpaired) electrons. The lowest BCUT2D eigenvalue weighted by molar-refractivity contribution is -0.154. The number of hydrogen-bond donors (Lipinski definition) is 0. The van der Waals surface area contributed by atoms with Gasteiger partial charge in [0.1, 0.15) is 6.10 Å². The summed E-state index contributed by atoms with van der Waals surface area (Å²) in [4.78, 5) is 11.9. The fourth-order valence-electron chi connectivity index (χ4n) is 3.63. The van der Waals surface area contributed by atoms with Crippen LogP contribution in [0, 0.1) is 5.92 Å². The molecule has 1 aromatic carbocycles. The third-order valence-corrected chi connectivity index (χ3v) is 10.9. The first-order valence-electron chi connectivity index (χ1n) is 10.5. The molecule has 4 atom stereocenters. The highest BCUT2D eigenvalue weighted by atomic mass is 28.4. The number of benzene rings is 1. The number of carbonyl (C=O) groups is 1. The van der Waals surface area contributed by atoms with E-state index < -0.39 is 8.32 Å². The van der Waals surface area contributed by atoms with E-state index >= 15 is 0 Å². The molecule has 29 heavy (non-hydrogen) atoms. The predicted octanol–water partition coefficient (Wildman–Crippen LogP) is 4.95. The summed E-state index contributed by atoms with van der Waals surface area (Å²) in [6.45, 7) is 11.7. The fraction of sp³-hybridized carbons (Fsp3) is 0.696. The van der Waals surface area contributed by atoms with Crippen molar-refractivity contribution in [1.29, 1.82) is 0 Å². The van der Waals surface area contributed by atoms with Crippen molar-refractivity contribution in [1.82, 2.24) is 0 Å². The topological polar surface area (TPSA) is 54.0 Å². The first-order chi connectivity index (χ1) is 13.6. The van der Waals surface area contributed by atoms with E-state index in [-0.39, 0.29) is 35.2 Å². The Kier molecular flexibility index (Phi) is 8.46. The molecule has 5 nitrogen and oxygen atoms in total. The van der Waals surface area contributed by atoms with Gasteiger partial charge in [-0.15, -0.1) is 0 Å². The van der Waals surface area contributed by atoms with Gasteiger partial charge < -0.3 is 18.6 Å². The van der Waals surface area contributed by atoms with E-state index in [2.05, 4.69) is 46.0 Å². The molecule has 1 aliphatic carbocycles. The van der Waals surface area contributed by atoms with Crippen LogP contribution in [0.25, 0.3) is 0 Å². The Labute approximate surface area is 177 Å². The Hall–Kier alpha value is -1.21. The van der Waals surface area contributed by atoms with E-state index in [1.54, 1.807) is 7.11 Å². The Balaban J connectivity index is 2.21. The van der Waals surface area contributed by atoms with Crippen molar-refractivity contribution in [2.75, 3.05) is 14.2 Å². The lowest BCUT2D eigenvalue weighted by Gasteiger charge is -2.46. The first kappa shape index (κ1) is 24.1. The molecule has 1 aliphatic rings. The molecule has 164 valence electrons. The summed E-state index contributed by atoms with van der Waals surface area (Å²) >= 11 is 0. The van der Waals surface area contributed by atoms with Gasteiger partial charge in [0.05, 0.1) is 25.9 Å². The van der Waals surface area contributed by atoms with Crippen molar-refractivity contribution in [2.45, 2.75) is 83.1 Å². The van der Waals surface area contributed by atoms with Gasteiger partial charge in [-0.2, -0.15) is 0 Å². The van der Waals surface area contributed by atoms with Gasteiger partial charge in [0, 0.05) is 13.5 Å². The van der Waals surface area contributed by atoms with Gasteiger partial charge in [0.25, 0.3) is 0 Å². The maximum atomic E-state index is 11.9. The smallest absolute Gasteiger partial charge is 0.305 e. The van der Waals surface area contributed by atoms with Crippen molar-refractivity contribution in [3.63, 3.8) is 0 Å². The summed E-state index contributed by atoms with van der Waals surface area (Å²) in [5, 5.41) is 0.0921. The van der Waals surface area contributed by atoms with Crippen LogP contribution in [0.4, 0.5) is 0 Å². The molecule has 0 unspecified atom stereocenters. The van der Waals surface area contributed by atoms with Gasteiger partial charge in [0.2, 0.25) is 0 Å². The normalized spacial score (nSPS) is 25.6. The average Bonchev–Trinajstić information content (AvgIpc) is 2.66. The summed E-state index contributed by atoms with van der Waals surface area (Å²) in [7, 11) is 1.14. The van der Waals surface area contributed by atoms with Crippen LogP contribution in [0.15, 0.2) is 30.3 Å². The second-order valence-electron chi connectivity index (χ2n) is 9.57. The van der Waals surface area contributed by atoms with E-state index in [0.29, 0.717) is 13.0 Å². The second-order valence-corrected chi connectivity index (χ2v) is 14.3. The molecular formula is C23H38O5Si. The lowest BCUT2D eigenvalue weighted by atomic mass is 9.81. The molecule has 0 amide bonds. The number of carbonyl (C=O) groups excluding carboxylic acids is 1. The third-order valence-electron chi connectivity index (χ3n) is 6.39. The number of methoxy groups -OCH3 is 2. The zero-order chi connectivity index (χ0) is 21.7. The highest BCUT2D eigenvalue weighted by molar-refractivity contribution is 6.74. The molecule has 0 spiro atoms. The van der Waals surface area contributed by atoms with Crippen molar-refractivity contribution < 1.29 is 23.4 Å². The number of hydrogen-bond acceptors (Lipinski definition) is 5. The van der Waals surface area contributed by atoms with Crippen molar-refractivity contribution >= 4 is 14.3 Å². The Morgan fingerprint density at radius 3 is 2.24 bits per heavy atom. The van der Waals surface area contributed by atoms with Crippen LogP contribution in [0.5, 0.6) is 0 Å². The molecule has 0 aromatic heterocycles. The zero-order valence-corrected chi connectivity index (χ0v) is 20.1. The third kappa shape index (κ3) is 6.64. The van der Waals surface area contributed by atoms with Crippen LogP contribution in [0.3, 0.4) is 0 Å². The molecule has 1 saturated carbocycles. The molecule has 0 heterocycles. The van der Waals surface area contributed by atoms with Crippen molar-refractivity contribution in [2.24, 2.45) is 5.92 Å². The van der Waals surface area contributed by atoms with E-state index in [9.17, 15) is 4.79 Å². The van der Waals surface area contributed by atoms with E-state index in [1.165, 1.54) is 7.11 Å². The van der Waals surface area contributed by atoms with E-state index in [0.717, 1.165) is 18.4 Å². The largest absolute Gasteiger partial charge is 0.469 e. The second kappa shape index (κ2) is 10.2. The van der Waals surface area contributed by atoms with Gasteiger partial charge in [-0.1, -0.05) is 51.1 Å². The van der Waals surface area contributed by atoms with Crippen molar-refractivity contribution in [3.8, 4) is 0 Å². The van der Waals surface area contributed by atoms with Gasteiger partial charge in [-0.3, -0.25) is 4.79 Å². The standard InChI is InChI=1S/C23H38O5Si/c1-23(2,3)29(6,7)28-20-14-18(15-21(24)26-5)13-19(25-4)22(20)27-16-17-11-9-8-10-12-17/h8-12,18-20,22H,13-16H2,1-7H3/t18-,19+,20+,22-/m0/s1. The minimum Gasteiger partial charge on any atom is -0.469 e. The maximum Gasteiger partial charge on any atom is 0.305 e. The molecule has 0 aliphatic heterocycles. The molecule has 1 aromatic rings. The van der Waals surface area contributed by atoms with Gasteiger partial charge in [0.15, 0.2) is 8.32 Å². The highest BCUT2D eigenvalue weighted by Crippen LogP contribution is 2.41. The van der Waals surface area contributed by atoms with Crippen LogP contribution in [0.2, 0.25) is 18.1 Å². The van der Waals surface area contributed by atoms with Gasteiger partial charge in [-0.05, 0) is 42.5 Å². The maximum absolute atomic E-state index is 11.9. The molecule has 2 rings (SSSR count). The van der Waals surface area contributed by atoms with E-state index in [4.69, 9.17) is 18.6 Å². The van der Waals surface area contributed by atoms with Crippen LogP contribution in [-0.2, 0) is 30.0 Å². The lowest BCUT2D eigenvalue weighted by Crippen LogP contribution is -2.54. The summed E-state index contributed by atoms with van der Waals surface area (Å²) < 4.78 is 23.9. The van der Waals surface area contributed by atoms with Gasteiger partial charge >= 0.3 is 5.97 Å². The summed E-state index contributed by atoms with van der Waals surface area (Å²) in [5.74, 6) is -0.0154. The fourth-order valence-corrected chi connectivity index (χ4v) is 4.97. The molecule has 6 heteroatoms. The molecule has 0 saturated heterocycles. The quantitative estimate of drug-likeness (QED) is 0.438. The minimum atomic E-state index is -2.01. The van der Waals surface area contributed by atoms with Crippen molar-refractivity contribution in [3.05, 3.63) is 35.9 Å². The minimum absolute atomic E-state index is 0.0921. The first-order valence-corrected chi connectivity index (χ1v) is 13.4. The summed E-state index contributed by atoms with van der Waals surface area (Å²) in [6, 6.07) is 10.2. The van der Waals surface area contributed by atoms with E-state index in [1.807, 2.05) is 18.2 Å². The SMILES string of the molecule is COC(=O)C[C@H]1C[C@@H](OC)[C@H](OCc2ccccc2)[C@H](O[Si](C)(C)C(C)(C)C)C1. The van der Waals surface area contributed by atoms with Gasteiger partial charge in [-0.25, -0.2) is 0 Å². The summed E-state index contributed by atoms with van der Waals surface area (Å²) in [5.41, 5.74) is 1.13. The monoisotopic (exact) mass is 422 g/mol. The highest BCUT2D eigenvalue weighted by Gasteiger charge is 2.46. The number of ether oxygens (including phenoxy) is 3. The zero-order valence-electron chi connectivity index (χ0n) is 19.1. The predicted molar refractivity (Wildman–Crippen MR) is 117 cm³/mol. The Morgan fingerprint density at radius 2 is 1.69 bits per heavy atom. The molecule has 0 N–H and O–H groups in total. The number of rotatable bonds is 8. The van der Waals surface area contributed by atoms with Crippen LogP contribution < -0.4 is 0 Å². The molecular weight excluding hydrogens is 384 g/mol. The molecule has 1 fully saturated rings. The Bertz CT molecular complexity index is 640.